The highest BCUT2D eigenvalue weighted by molar-refractivity contribution is 7.91. The van der Waals surface area contributed by atoms with Crippen molar-refractivity contribution in [3.8, 4) is 0 Å². The average molecular weight is 271 g/mol. The summed E-state index contributed by atoms with van der Waals surface area (Å²) in [5, 5.41) is 0.623. The molecule has 1 aliphatic heterocycles. The van der Waals surface area contributed by atoms with Gasteiger partial charge >= 0.3 is 0 Å². The highest BCUT2D eigenvalue weighted by Crippen LogP contribution is 2.29. The number of sulfone groups is 1. The molecule has 0 amide bonds. The van der Waals surface area contributed by atoms with E-state index in [4.69, 9.17) is 11.6 Å². The Hall–Kier alpha value is -1.07. The zero-order valence-corrected chi connectivity index (χ0v) is 10.6. The molecule has 90 valence electrons. The first-order chi connectivity index (χ1) is 8.05. The van der Waals surface area contributed by atoms with E-state index < -0.39 is 9.84 Å². The van der Waals surface area contributed by atoms with Gasteiger partial charge in [-0.15, -0.1) is 0 Å². The first-order valence-electron chi connectivity index (χ1n) is 5.38. The summed E-state index contributed by atoms with van der Waals surface area (Å²) in [5.41, 5.74) is 0.939. The summed E-state index contributed by atoms with van der Waals surface area (Å²) in [4.78, 5) is 4.32. The Bertz CT molecular complexity index is 678. The number of pyridine rings is 1. The molecule has 1 aliphatic rings. The monoisotopic (exact) mass is 270 g/mol. The molecule has 2 aromatic rings. The number of hydrogen-bond donors (Lipinski definition) is 0. The van der Waals surface area contributed by atoms with Gasteiger partial charge in [-0.25, -0.2) is 13.4 Å². The van der Waals surface area contributed by atoms with Crippen molar-refractivity contribution in [2.75, 3.05) is 11.5 Å². The Morgan fingerprint density at radius 2 is 2.24 bits per heavy atom. The number of rotatable bonds is 1. The number of aromatic nitrogens is 2. The van der Waals surface area contributed by atoms with E-state index in [0.717, 1.165) is 11.3 Å². The fraction of sp³-hybridized carbons (Fsp3) is 0.364. The lowest BCUT2D eigenvalue weighted by molar-refractivity contribution is 0.601. The Labute approximate surface area is 104 Å². The number of nitrogens with zero attached hydrogens (tertiary/aromatic N) is 2. The second kappa shape index (κ2) is 3.71. The summed E-state index contributed by atoms with van der Waals surface area (Å²) in [6.07, 6.45) is 4.18. The highest BCUT2D eigenvalue weighted by Gasteiger charge is 2.31. The Kier molecular flexibility index (Phi) is 2.41. The molecule has 0 radical (unpaired) electrons. The molecule has 0 spiro atoms. The van der Waals surface area contributed by atoms with E-state index in [-0.39, 0.29) is 17.4 Å². The maximum Gasteiger partial charge on any atom is 0.151 e. The molecular formula is C11H11ClN2O2S. The van der Waals surface area contributed by atoms with Gasteiger partial charge in [0.2, 0.25) is 0 Å². The fourth-order valence-corrected chi connectivity index (χ4v) is 4.18. The molecular weight excluding hydrogens is 260 g/mol. The Balaban J connectivity index is 2.09. The van der Waals surface area contributed by atoms with Crippen LogP contribution in [0.5, 0.6) is 0 Å². The molecule has 0 N–H and O–H groups in total. The Morgan fingerprint density at radius 3 is 2.94 bits per heavy atom. The second-order valence-electron chi connectivity index (χ2n) is 4.36. The zero-order chi connectivity index (χ0) is 12.0. The lowest BCUT2D eigenvalue weighted by Crippen LogP contribution is -2.07. The summed E-state index contributed by atoms with van der Waals surface area (Å²) in [7, 11) is -2.89. The van der Waals surface area contributed by atoms with Gasteiger partial charge < -0.3 is 4.40 Å². The van der Waals surface area contributed by atoms with Crippen LogP contribution >= 0.6 is 11.6 Å². The van der Waals surface area contributed by atoms with Gasteiger partial charge in [0.05, 0.1) is 28.2 Å². The molecule has 3 rings (SSSR count). The van der Waals surface area contributed by atoms with Crippen molar-refractivity contribution in [1.82, 2.24) is 9.38 Å². The second-order valence-corrected chi connectivity index (χ2v) is 7.02. The van der Waals surface area contributed by atoms with E-state index in [9.17, 15) is 8.42 Å². The highest BCUT2D eigenvalue weighted by atomic mass is 35.5. The van der Waals surface area contributed by atoms with E-state index in [1.165, 1.54) is 0 Å². The van der Waals surface area contributed by atoms with Gasteiger partial charge in [0.15, 0.2) is 9.84 Å². The van der Waals surface area contributed by atoms with Crippen molar-refractivity contribution < 1.29 is 8.42 Å². The SMILES string of the molecule is O=S1(=O)CCC(c2ncc3ccc(Cl)cn23)C1. The van der Waals surface area contributed by atoms with Crippen LogP contribution < -0.4 is 0 Å². The predicted molar refractivity (Wildman–Crippen MR) is 66.2 cm³/mol. The Morgan fingerprint density at radius 1 is 1.41 bits per heavy atom. The van der Waals surface area contributed by atoms with Crippen LogP contribution in [0.4, 0.5) is 0 Å². The lowest BCUT2D eigenvalue weighted by atomic mass is 10.1. The van der Waals surface area contributed by atoms with E-state index >= 15 is 0 Å². The number of imidazole rings is 1. The van der Waals surface area contributed by atoms with Gasteiger partial charge in [0.1, 0.15) is 5.82 Å². The molecule has 0 aliphatic carbocycles. The quantitative estimate of drug-likeness (QED) is 0.795. The van der Waals surface area contributed by atoms with Crippen LogP contribution in [0, 0.1) is 0 Å². The van der Waals surface area contributed by atoms with Crippen LogP contribution in [0.3, 0.4) is 0 Å². The maximum absolute atomic E-state index is 11.5. The molecule has 1 fully saturated rings. The van der Waals surface area contributed by atoms with E-state index in [2.05, 4.69) is 4.98 Å². The van der Waals surface area contributed by atoms with Crippen molar-refractivity contribution in [2.24, 2.45) is 0 Å². The number of fused-ring (bicyclic) bond motifs is 1. The molecule has 1 unspecified atom stereocenters. The summed E-state index contributed by atoms with van der Waals surface area (Å²) in [6, 6.07) is 3.68. The minimum absolute atomic E-state index is 0.0130. The van der Waals surface area contributed by atoms with Crippen LogP contribution in [0.2, 0.25) is 5.02 Å². The normalized spacial score (nSPS) is 23.2. The average Bonchev–Trinajstić information content (AvgIpc) is 2.81. The van der Waals surface area contributed by atoms with Crippen LogP contribution in [0.1, 0.15) is 18.2 Å². The van der Waals surface area contributed by atoms with Crippen LogP contribution in [0.25, 0.3) is 5.52 Å². The van der Waals surface area contributed by atoms with Gasteiger partial charge in [-0.05, 0) is 18.6 Å². The molecule has 1 saturated heterocycles. The molecule has 0 aromatic carbocycles. The summed E-state index contributed by atoms with van der Waals surface area (Å²) in [6.45, 7) is 0. The third-order valence-corrected chi connectivity index (χ3v) is 5.11. The largest absolute Gasteiger partial charge is 0.302 e. The first-order valence-corrected chi connectivity index (χ1v) is 7.58. The number of hydrogen-bond acceptors (Lipinski definition) is 3. The van der Waals surface area contributed by atoms with Crippen LogP contribution in [-0.4, -0.2) is 29.3 Å². The van der Waals surface area contributed by atoms with Crippen LogP contribution in [-0.2, 0) is 9.84 Å². The lowest BCUT2D eigenvalue weighted by Gasteiger charge is -2.06. The minimum atomic E-state index is -2.89. The molecule has 3 heterocycles. The summed E-state index contributed by atoms with van der Waals surface area (Å²) >= 11 is 5.94. The molecule has 4 nitrogen and oxygen atoms in total. The van der Waals surface area contributed by atoms with E-state index in [1.807, 2.05) is 10.5 Å². The molecule has 2 aromatic heterocycles. The third-order valence-electron chi connectivity index (χ3n) is 3.12. The van der Waals surface area contributed by atoms with Gasteiger partial charge in [0, 0.05) is 12.1 Å². The third kappa shape index (κ3) is 1.93. The molecule has 6 heteroatoms. The summed E-state index contributed by atoms with van der Waals surface area (Å²) < 4.78 is 24.8. The van der Waals surface area contributed by atoms with Gasteiger partial charge in [0.25, 0.3) is 0 Å². The molecule has 0 bridgehead atoms. The minimum Gasteiger partial charge on any atom is -0.302 e. The fourth-order valence-electron chi connectivity index (χ4n) is 2.29. The number of halogens is 1. The maximum atomic E-state index is 11.5. The van der Waals surface area contributed by atoms with Crippen molar-refractivity contribution in [2.45, 2.75) is 12.3 Å². The smallest absolute Gasteiger partial charge is 0.151 e. The van der Waals surface area contributed by atoms with Crippen molar-refractivity contribution >= 4 is 27.0 Å². The molecule has 0 saturated carbocycles. The predicted octanol–water partition coefficient (Wildman–Crippen LogP) is 1.89. The zero-order valence-electron chi connectivity index (χ0n) is 9.01. The standard InChI is InChI=1S/C11H11ClN2O2S/c12-9-1-2-10-5-13-11(14(10)6-9)8-3-4-17(15,16)7-8/h1-2,5-6,8H,3-4,7H2. The first kappa shape index (κ1) is 11.0. The van der Waals surface area contributed by atoms with Gasteiger partial charge in [-0.3, -0.25) is 0 Å². The molecule has 17 heavy (non-hydrogen) atoms. The van der Waals surface area contributed by atoms with E-state index in [1.54, 1.807) is 18.5 Å². The van der Waals surface area contributed by atoms with Crippen molar-refractivity contribution in [3.63, 3.8) is 0 Å². The summed E-state index contributed by atoms with van der Waals surface area (Å²) in [5.74, 6) is 1.23. The van der Waals surface area contributed by atoms with Crippen molar-refractivity contribution in [3.05, 3.63) is 35.4 Å². The van der Waals surface area contributed by atoms with Gasteiger partial charge in [-0.2, -0.15) is 0 Å². The molecule has 1 atom stereocenters. The van der Waals surface area contributed by atoms with Gasteiger partial charge in [-0.1, -0.05) is 11.6 Å². The topological polar surface area (TPSA) is 51.4 Å². The van der Waals surface area contributed by atoms with Crippen molar-refractivity contribution in [1.29, 1.82) is 0 Å². The van der Waals surface area contributed by atoms with E-state index in [0.29, 0.717) is 11.4 Å². The van der Waals surface area contributed by atoms with Crippen LogP contribution in [0.15, 0.2) is 24.5 Å².